The van der Waals surface area contributed by atoms with Crippen molar-refractivity contribution in [2.24, 2.45) is 11.5 Å². The van der Waals surface area contributed by atoms with E-state index in [1.54, 1.807) is 4.90 Å². The van der Waals surface area contributed by atoms with Gasteiger partial charge in [-0.3, -0.25) is 9.59 Å². The van der Waals surface area contributed by atoms with Crippen LogP contribution < -0.4 is 22.1 Å². The first-order valence-electron chi connectivity index (χ1n) is 12.4. The van der Waals surface area contributed by atoms with Gasteiger partial charge in [0.05, 0.1) is 5.92 Å². The van der Waals surface area contributed by atoms with Crippen LogP contribution in [-0.4, -0.2) is 42.4 Å². The summed E-state index contributed by atoms with van der Waals surface area (Å²) >= 11 is 0. The highest BCUT2D eigenvalue weighted by Gasteiger charge is 2.34. The molecule has 194 valence electrons. The Labute approximate surface area is 218 Å². The maximum Gasteiger partial charge on any atom is 0.312 e. The minimum absolute atomic E-state index is 0.190. The van der Waals surface area contributed by atoms with Crippen LogP contribution in [0.4, 0.5) is 4.79 Å². The van der Waals surface area contributed by atoms with Crippen LogP contribution in [-0.2, 0) is 22.7 Å². The minimum atomic E-state index is -0.771. The van der Waals surface area contributed by atoms with Crippen molar-refractivity contribution >= 4 is 17.8 Å². The second kappa shape index (κ2) is 13.8. The summed E-state index contributed by atoms with van der Waals surface area (Å²) in [6, 6.07) is 25.2. The first-order chi connectivity index (χ1) is 17.9. The summed E-state index contributed by atoms with van der Waals surface area (Å²) in [4.78, 5) is 39.6. The van der Waals surface area contributed by atoms with Gasteiger partial charge in [-0.25, -0.2) is 4.79 Å². The smallest absolute Gasteiger partial charge is 0.312 e. The maximum atomic E-state index is 14.3. The number of carbonyl (C=O) groups excluding carboxylic acids is 3. The highest BCUT2D eigenvalue weighted by atomic mass is 16.2. The minimum Gasteiger partial charge on any atom is -0.368 e. The fourth-order valence-corrected chi connectivity index (χ4v) is 4.35. The Morgan fingerprint density at radius 2 is 1.35 bits per heavy atom. The van der Waals surface area contributed by atoms with Crippen LogP contribution in [0, 0.1) is 0 Å². The van der Waals surface area contributed by atoms with Gasteiger partial charge in [-0.1, -0.05) is 84.9 Å². The Kier molecular flexibility index (Phi) is 10.2. The number of amides is 4. The van der Waals surface area contributed by atoms with Crippen LogP contribution in [0.1, 0.15) is 41.0 Å². The number of benzene rings is 3. The quantitative estimate of drug-likeness (QED) is 0.268. The molecule has 1 atom stereocenters. The summed E-state index contributed by atoms with van der Waals surface area (Å²) in [5.41, 5.74) is 14.4. The molecule has 0 aromatic heterocycles. The van der Waals surface area contributed by atoms with Gasteiger partial charge in [-0.15, -0.1) is 0 Å². The van der Waals surface area contributed by atoms with Crippen LogP contribution in [0.3, 0.4) is 0 Å². The zero-order valence-electron chi connectivity index (χ0n) is 21.1. The van der Waals surface area contributed by atoms with E-state index in [4.69, 9.17) is 11.5 Å². The monoisotopic (exact) mass is 501 g/mol. The summed E-state index contributed by atoms with van der Waals surface area (Å²) in [6.45, 7) is 1.22. The second-order valence-electron chi connectivity index (χ2n) is 8.92. The van der Waals surface area contributed by atoms with Crippen molar-refractivity contribution in [3.8, 4) is 0 Å². The number of nitrogens with one attached hydrogen (secondary N) is 2. The number of urea groups is 1. The molecule has 0 fully saturated rings. The Bertz CT molecular complexity index is 1110. The summed E-state index contributed by atoms with van der Waals surface area (Å²) in [5.74, 6) is -1.32. The zero-order valence-corrected chi connectivity index (χ0v) is 21.1. The van der Waals surface area contributed by atoms with Gasteiger partial charge in [-0.2, -0.15) is 0 Å². The van der Waals surface area contributed by atoms with Gasteiger partial charge in [0.1, 0.15) is 6.04 Å². The highest BCUT2D eigenvalue weighted by Crippen LogP contribution is 2.29. The average Bonchev–Trinajstić information content (AvgIpc) is 2.91. The topological polar surface area (TPSA) is 131 Å². The lowest BCUT2D eigenvalue weighted by atomic mass is 9.89. The number of rotatable bonds is 13. The number of nitrogens with zero attached hydrogens (tertiary/aromatic N) is 1. The van der Waals surface area contributed by atoms with Crippen LogP contribution in [0.25, 0.3) is 0 Å². The van der Waals surface area contributed by atoms with Crippen molar-refractivity contribution < 1.29 is 14.4 Å². The number of hydrogen-bond acceptors (Lipinski definition) is 4. The van der Waals surface area contributed by atoms with Crippen molar-refractivity contribution in [2.75, 3.05) is 13.6 Å². The molecule has 0 bridgehead atoms. The average molecular weight is 502 g/mol. The fraction of sp³-hybridized carbons (Fsp3) is 0.276. The van der Waals surface area contributed by atoms with Crippen molar-refractivity contribution in [3.05, 3.63) is 107 Å². The van der Waals surface area contributed by atoms with E-state index in [1.165, 1.54) is 0 Å². The molecule has 0 saturated carbocycles. The van der Waals surface area contributed by atoms with Crippen LogP contribution in [0.5, 0.6) is 0 Å². The number of hydrogen-bond donors (Lipinski definition) is 4. The predicted octanol–water partition coefficient (Wildman–Crippen LogP) is 2.87. The molecular weight excluding hydrogens is 466 g/mol. The molecular formula is C29H35N5O3. The van der Waals surface area contributed by atoms with Gasteiger partial charge in [-0.05, 0) is 48.7 Å². The molecule has 0 heterocycles. The van der Waals surface area contributed by atoms with E-state index in [0.29, 0.717) is 25.9 Å². The van der Waals surface area contributed by atoms with Gasteiger partial charge in [0.25, 0.3) is 0 Å². The second-order valence-corrected chi connectivity index (χ2v) is 8.92. The number of nitrogens with two attached hydrogens (primary N) is 2. The van der Waals surface area contributed by atoms with Crippen LogP contribution in [0.2, 0.25) is 0 Å². The predicted molar refractivity (Wildman–Crippen MR) is 144 cm³/mol. The fourth-order valence-electron chi connectivity index (χ4n) is 4.35. The van der Waals surface area contributed by atoms with Crippen molar-refractivity contribution in [1.29, 1.82) is 0 Å². The zero-order chi connectivity index (χ0) is 26.6. The standard InChI is InChI=1S/C29H35N5O3/c1-32-18-8-13-25(27(30)35)34(20-22-16-14-21(15-17-22)19-33-29(31)37)28(36)26(23-9-4-2-5-10-23)24-11-6-3-7-12-24/h2-7,9-12,14-17,25-26,32H,8,13,18-20H2,1H3,(H2,30,35)(H3,31,33,37)/t25-/m1/s1. The van der Waals surface area contributed by atoms with Crippen LogP contribution in [0.15, 0.2) is 84.9 Å². The largest absolute Gasteiger partial charge is 0.368 e. The lowest BCUT2D eigenvalue weighted by Crippen LogP contribution is -2.49. The molecule has 0 spiro atoms. The molecule has 37 heavy (non-hydrogen) atoms. The third-order valence-corrected chi connectivity index (χ3v) is 6.25. The highest BCUT2D eigenvalue weighted by molar-refractivity contribution is 5.92. The molecule has 0 unspecified atom stereocenters. The van der Waals surface area contributed by atoms with Gasteiger partial charge in [0.15, 0.2) is 0 Å². The first kappa shape index (κ1) is 27.4. The van der Waals surface area contributed by atoms with Crippen LogP contribution >= 0.6 is 0 Å². The molecule has 0 radical (unpaired) electrons. The Hall–Kier alpha value is -4.17. The summed E-state index contributed by atoms with van der Waals surface area (Å²) in [7, 11) is 1.84. The molecule has 0 aliphatic rings. The number of carbonyl (C=O) groups is 3. The van der Waals surface area contributed by atoms with E-state index in [-0.39, 0.29) is 12.5 Å². The van der Waals surface area contributed by atoms with E-state index in [0.717, 1.165) is 22.3 Å². The molecule has 0 aliphatic carbocycles. The van der Waals surface area contributed by atoms with E-state index in [2.05, 4.69) is 10.6 Å². The summed E-state index contributed by atoms with van der Waals surface area (Å²) < 4.78 is 0. The van der Waals surface area contributed by atoms with E-state index in [9.17, 15) is 14.4 Å². The molecule has 6 N–H and O–H groups in total. The lowest BCUT2D eigenvalue weighted by Gasteiger charge is -2.33. The van der Waals surface area contributed by atoms with Crippen molar-refractivity contribution in [2.45, 2.75) is 37.9 Å². The normalized spacial score (nSPS) is 11.6. The van der Waals surface area contributed by atoms with Gasteiger partial charge < -0.3 is 27.0 Å². The first-order valence-corrected chi connectivity index (χ1v) is 12.4. The molecule has 4 amide bonds. The van der Waals surface area contributed by atoms with E-state index < -0.39 is 23.9 Å². The third-order valence-electron chi connectivity index (χ3n) is 6.25. The Balaban J connectivity index is 1.98. The molecule has 3 rings (SSSR count). The van der Waals surface area contributed by atoms with Gasteiger partial charge in [0, 0.05) is 13.1 Å². The molecule has 8 nitrogen and oxygen atoms in total. The molecule has 8 heteroatoms. The van der Waals surface area contributed by atoms with Gasteiger partial charge in [0.2, 0.25) is 11.8 Å². The van der Waals surface area contributed by atoms with E-state index >= 15 is 0 Å². The Morgan fingerprint density at radius 1 is 0.811 bits per heavy atom. The molecule has 3 aromatic rings. The summed E-state index contributed by atoms with van der Waals surface area (Å²) in [6.07, 6.45) is 1.13. The molecule has 0 aliphatic heterocycles. The van der Waals surface area contributed by atoms with Gasteiger partial charge >= 0.3 is 6.03 Å². The van der Waals surface area contributed by atoms with E-state index in [1.807, 2.05) is 92.0 Å². The third kappa shape index (κ3) is 7.91. The maximum absolute atomic E-state index is 14.3. The Morgan fingerprint density at radius 3 is 1.84 bits per heavy atom. The molecule has 3 aromatic carbocycles. The number of primary amides is 2. The molecule has 0 saturated heterocycles. The summed E-state index contributed by atoms with van der Waals surface area (Å²) in [5, 5.41) is 5.65. The lowest BCUT2D eigenvalue weighted by molar-refractivity contribution is -0.141. The van der Waals surface area contributed by atoms with Crippen molar-refractivity contribution in [3.63, 3.8) is 0 Å². The SMILES string of the molecule is CNCCC[C@H](C(N)=O)N(Cc1ccc(CNC(N)=O)cc1)C(=O)C(c1ccccc1)c1ccccc1. The van der Waals surface area contributed by atoms with Crippen molar-refractivity contribution in [1.82, 2.24) is 15.5 Å².